The highest BCUT2D eigenvalue weighted by molar-refractivity contribution is 9.10. The lowest BCUT2D eigenvalue weighted by molar-refractivity contribution is 0.426. The number of aromatic nitrogens is 2. The van der Waals surface area contributed by atoms with Gasteiger partial charge in [-0.05, 0) is 51.8 Å². The number of halogens is 2. The summed E-state index contributed by atoms with van der Waals surface area (Å²) in [5.74, 6) is 0.515. The molecule has 0 spiro atoms. The fourth-order valence-electron chi connectivity index (χ4n) is 1.18. The Morgan fingerprint density at radius 1 is 1.21 bits per heavy atom. The Labute approximate surface area is 97.8 Å². The van der Waals surface area contributed by atoms with Gasteiger partial charge < -0.3 is 4.52 Å². The van der Waals surface area contributed by atoms with E-state index in [1.54, 1.807) is 0 Å². The van der Waals surface area contributed by atoms with Crippen molar-refractivity contribution in [2.45, 2.75) is 6.92 Å². The molecule has 0 radical (unpaired) electrons. The molecule has 2 rings (SSSR count). The van der Waals surface area contributed by atoms with Crippen LogP contribution >= 0.6 is 31.9 Å². The molecule has 0 amide bonds. The minimum absolute atomic E-state index is 0.463. The van der Waals surface area contributed by atoms with Crippen molar-refractivity contribution in [1.82, 2.24) is 10.1 Å². The zero-order valence-corrected chi connectivity index (χ0v) is 10.5. The molecule has 0 N–H and O–H groups in total. The fraction of sp³-hybridized carbons (Fsp3) is 0.111. The number of hydrogen-bond acceptors (Lipinski definition) is 3. The average molecular weight is 318 g/mol. The largest absolute Gasteiger partial charge is 0.333 e. The van der Waals surface area contributed by atoms with Crippen LogP contribution in [0.15, 0.2) is 31.9 Å². The molecule has 2 aromatic rings. The molecule has 3 nitrogen and oxygen atoms in total. The Bertz CT molecular complexity index is 447. The molecular formula is C9H6Br2N2O. The summed E-state index contributed by atoms with van der Waals surface area (Å²) in [7, 11) is 0. The highest BCUT2D eigenvalue weighted by Gasteiger charge is 2.07. The molecule has 0 aliphatic carbocycles. The van der Waals surface area contributed by atoms with E-state index in [-0.39, 0.29) is 0 Å². The molecule has 1 aromatic heterocycles. The monoisotopic (exact) mass is 316 g/mol. The molecule has 1 aromatic carbocycles. The van der Waals surface area contributed by atoms with Gasteiger partial charge in [0.25, 0.3) is 5.89 Å². The Kier molecular flexibility index (Phi) is 2.69. The van der Waals surface area contributed by atoms with Crippen LogP contribution < -0.4 is 0 Å². The second-order valence-corrected chi connectivity index (χ2v) is 4.51. The molecule has 0 aliphatic rings. The normalized spacial score (nSPS) is 10.5. The van der Waals surface area contributed by atoms with Crippen LogP contribution in [0, 0.1) is 6.92 Å². The van der Waals surface area contributed by atoms with Gasteiger partial charge in [-0.15, -0.1) is 0 Å². The Balaban J connectivity index is 2.51. The van der Waals surface area contributed by atoms with E-state index < -0.39 is 0 Å². The number of nitrogens with zero attached hydrogens (tertiary/aromatic N) is 2. The number of hydrogen-bond donors (Lipinski definition) is 0. The first-order chi connectivity index (χ1) is 6.65. The molecule has 0 fully saturated rings. The maximum absolute atomic E-state index is 5.03. The first-order valence-electron chi connectivity index (χ1n) is 3.92. The highest BCUT2D eigenvalue weighted by Crippen LogP contribution is 2.24. The van der Waals surface area contributed by atoms with Crippen molar-refractivity contribution in [3.63, 3.8) is 0 Å². The maximum Gasteiger partial charge on any atom is 0.258 e. The molecule has 0 atom stereocenters. The second kappa shape index (κ2) is 3.82. The van der Waals surface area contributed by atoms with Crippen molar-refractivity contribution >= 4 is 31.9 Å². The van der Waals surface area contributed by atoms with Crippen LogP contribution in [-0.2, 0) is 0 Å². The minimum atomic E-state index is 0.463. The van der Waals surface area contributed by atoms with Gasteiger partial charge in [0.15, 0.2) is 0 Å². The first-order valence-corrected chi connectivity index (χ1v) is 5.50. The summed E-state index contributed by atoms with van der Waals surface area (Å²) in [4.78, 5) is 4.08. The fourth-order valence-corrected chi connectivity index (χ4v) is 2.02. The molecule has 14 heavy (non-hydrogen) atoms. The van der Waals surface area contributed by atoms with E-state index in [4.69, 9.17) is 4.52 Å². The van der Waals surface area contributed by atoms with Gasteiger partial charge in [-0.3, -0.25) is 0 Å². The van der Waals surface area contributed by atoms with Crippen molar-refractivity contribution < 1.29 is 4.52 Å². The topological polar surface area (TPSA) is 38.9 Å². The number of rotatable bonds is 1. The van der Waals surface area contributed by atoms with Crippen LogP contribution in [0.4, 0.5) is 0 Å². The van der Waals surface area contributed by atoms with Gasteiger partial charge in [0.05, 0.1) is 0 Å². The summed E-state index contributed by atoms with van der Waals surface area (Å²) < 4.78 is 6.50. The Morgan fingerprint density at radius 3 is 2.57 bits per heavy atom. The van der Waals surface area contributed by atoms with E-state index in [1.807, 2.05) is 25.1 Å². The molecule has 0 bridgehead atoms. The first kappa shape index (κ1) is 9.86. The number of benzene rings is 1. The van der Waals surface area contributed by atoms with E-state index in [1.165, 1.54) is 0 Å². The average Bonchev–Trinajstić information content (AvgIpc) is 2.50. The SMILES string of the molecule is Cc1cc(Br)cc(-c2nc(Br)no2)c1. The maximum atomic E-state index is 5.03. The van der Waals surface area contributed by atoms with Gasteiger partial charge in [0, 0.05) is 10.0 Å². The molecule has 0 unspecified atom stereocenters. The quantitative estimate of drug-likeness (QED) is 0.807. The molecule has 0 aliphatic heterocycles. The van der Waals surface area contributed by atoms with Gasteiger partial charge in [-0.1, -0.05) is 15.9 Å². The van der Waals surface area contributed by atoms with Gasteiger partial charge in [-0.25, -0.2) is 0 Å². The van der Waals surface area contributed by atoms with Crippen molar-refractivity contribution in [3.05, 3.63) is 33.0 Å². The molecule has 0 saturated heterocycles. The zero-order chi connectivity index (χ0) is 10.1. The molecule has 1 heterocycles. The van der Waals surface area contributed by atoms with Gasteiger partial charge in [-0.2, -0.15) is 4.98 Å². The summed E-state index contributed by atoms with van der Waals surface area (Å²) in [6, 6.07) is 5.95. The van der Waals surface area contributed by atoms with Crippen molar-refractivity contribution in [3.8, 4) is 11.5 Å². The molecule has 5 heteroatoms. The third-order valence-corrected chi connectivity index (χ3v) is 2.47. The lowest BCUT2D eigenvalue weighted by Gasteiger charge is -1.98. The van der Waals surface area contributed by atoms with Crippen LogP contribution in [-0.4, -0.2) is 10.1 Å². The smallest absolute Gasteiger partial charge is 0.258 e. The summed E-state index contributed by atoms with van der Waals surface area (Å²) in [5.41, 5.74) is 2.05. The second-order valence-electron chi connectivity index (χ2n) is 2.89. The van der Waals surface area contributed by atoms with Gasteiger partial charge >= 0.3 is 0 Å². The predicted octanol–water partition coefficient (Wildman–Crippen LogP) is 3.57. The van der Waals surface area contributed by atoms with E-state index in [0.29, 0.717) is 10.6 Å². The standard InChI is InChI=1S/C9H6Br2N2O/c1-5-2-6(4-7(10)3-5)8-12-9(11)13-14-8/h2-4H,1H3. The Hall–Kier alpha value is -0.680. The van der Waals surface area contributed by atoms with Crippen LogP contribution in [0.2, 0.25) is 0 Å². The van der Waals surface area contributed by atoms with Crippen LogP contribution in [0.1, 0.15) is 5.56 Å². The molecule has 0 saturated carbocycles. The van der Waals surface area contributed by atoms with E-state index in [9.17, 15) is 0 Å². The summed E-state index contributed by atoms with van der Waals surface area (Å²) in [5, 5.41) is 3.67. The third-order valence-electron chi connectivity index (χ3n) is 1.69. The van der Waals surface area contributed by atoms with Crippen molar-refractivity contribution in [1.29, 1.82) is 0 Å². The van der Waals surface area contributed by atoms with Crippen molar-refractivity contribution in [2.75, 3.05) is 0 Å². The highest BCUT2D eigenvalue weighted by atomic mass is 79.9. The van der Waals surface area contributed by atoms with Gasteiger partial charge in [0.2, 0.25) is 4.73 Å². The Morgan fingerprint density at radius 2 is 2.00 bits per heavy atom. The zero-order valence-electron chi connectivity index (χ0n) is 7.29. The summed E-state index contributed by atoms with van der Waals surface area (Å²) in [6.45, 7) is 2.01. The van der Waals surface area contributed by atoms with Crippen LogP contribution in [0.3, 0.4) is 0 Å². The molecular weight excluding hydrogens is 312 g/mol. The lowest BCUT2D eigenvalue weighted by Crippen LogP contribution is -1.80. The lowest BCUT2D eigenvalue weighted by atomic mass is 10.1. The third kappa shape index (κ3) is 2.04. The number of aryl methyl sites for hydroxylation is 1. The molecule has 72 valence electrons. The van der Waals surface area contributed by atoms with E-state index >= 15 is 0 Å². The minimum Gasteiger partial charge on any atom is -0.333 e. The van der Waals surface area contributed by atoms with Crippen molar-refractivity contribution in [2.24, 2.45) is 0 Å². The van der Waals surface area contributed by atoms with Crippen LogP contribution in [0.5, 0.6) is 0 Å². The summed E-state index contributed by atoms with van der Waals surface area (Å²) in [6.07, 6.45) is 0. The van der Waals surface area contributed by atoms with Gasteiger partial charge in [0.1, 0.15) is 0 Å². The van der Waals surface area contributed by atoms with Crippen LogP contribution in [0.25, 0.3) is 11.5 Å². The van der Waals surface area contributed by atoms with E-state index in [0.717, 1.165) is 15.6 Å². The summed E-state index contributed by atoms with van der Waals surface area (Å²) >= 11 is 6.55. The predicted molar refractivity (Wildman–Crippen MR) is 59.9 cm³/mol. The van der Waals surface area contributed by atoms with E-state index in [2.05, 4.69) is 42.0 Å².